The van der Waals surface area contributed by atoms with E-state index >= 15 is 0 Å². The third kappa shape index (κ3) is 8.68. The molecule has 1 unspecified atom stereocenters. The molecular formula is C16H30ClN3O4S2. The summed E-state index contributed by atoms with van der Waals surface area (Å²) in [5.74, 6) is 0.356. The monoisotopic (exact) mass is 427 g/mol. The average molecular weight is 428 g/mol. The molecule has 0 heterocycles. The summed E-state index contributed by atoms with van der Waals surface area (Å²) in [6, 6.07) is 5.30. The van der Waals surface area contributed by atoms with Crippen LogP contribution in [-0.4, -0.2) is 35.2 Å². The highest BCUT2D eigenvalue weighted by atomic mass is 35.5. The van der Waals surface area contributed by atoms with Crippen molar-refractivity contribution in [2.24, 2.45) is 11.7 Å². The maximum absolute atomic E-state index is 12.4. The zero-order chi connectivity index (χ0) is 19.1. The van der Waals surface area contributed by atoms with Crippen LogP contribution in [0.25, 0.3) is 0 Å². The van der Waals surface area contributed by atoms with Gasteiger partial charge in [0.05, 0.1) is 10.6 Å². The Balaban J connectivity index is 0.00000625. The van der Waals surface area contributed by atoms with Gasteiger partial charge in [-0.15, -0.1) is 12.4 Å². The fourth-order valence-electron chi connectivity index (χ4n) is 2.32. The molecular weight excluding hydrogens is 398 g/mol. The predicted molar refractivity (Wildman–Crippen MR) is 109 cm³/mol. The van der Waals surface area contributed by atoms with Crippen LogP contribution in [0, 0.1) is 5.92 Å². The lowest BCUT2D eigenvalue weighted by Crippen LogP contribution is -2.40. The number of benzene rings is 1. The maximum atomic E-state index is 12.4. The maximum Gasteiger partial charge on any atom is 0.240 e. The summed E-state index contributed by atoms with van der Waals surface area (Å²) >= 11 is 0. The Morgan fingerprint density at radius 2 is 1.65 bits per heavy atom. The van der Waals surface area contributed by atoms with Crippen molar-refractivity contribution in [2.45, 2.75) is 51.0 Å². The topological polar surface area (TPSA) is 118 Å². The SMILES string of the molecule is CCCCS(=O)(=O)Nc1ccc(S(=O)(=O)NC(CN)CC(C)C)cc1.Cl. The Morgan fingerprint density at radius 3 is 2.12 bits per heavy atom. The standard InChI is InChI=1S/C16H29N3O4S2.ClH/c1-4-5-10-24(20,21)18-14-6-8-16(9-7-14)25(22,23)19-15(12-17)11-13(2)3;/h6-9,13,15,18-19H,4-5,10-12,17H2,1-3H3;1H. The lowest BCUT2D eigenvalue weighted by molar-refractivity contribution is 0.465. The second-order valence-electron chi connectivity index (χ2n) is 6.48. The van der Waals surface area contributed by atoms with E-state index in [1.165, 1.54) is 24.3 Å². The average Bonchev–Trinajstić information content (AvgIpc) is 2.51. The molecule has 0 bridgehead atoms. The fraction of sp³-hybridized carbons (Fsp3) is 0.625. The molecule has 0 aromatic heterocycles. The molecule has 0 radical (unpaired) electrons. The van der Waals surface area contributed by atoms with Crippen molar-refractivity contribution in [1.29, 1.82) is 0 Å². The zero-order valence-electron chi connectivity index (χ0n) is 15.4. The van der Waals surface area contributed by atoms with Gasteiger partial charge in [0.1, 0.15) is 0 Å². The smallest absolute Gasteiger partial charge is 0.240 e. The van der Waals surface area contributed by atoms with E-state index < -0.39 is 20.0 Å². The van der Waals surface area contributed by atoms with Gasteiger partial charge in [-0.1, -0.05) is 27.2 Å². The number of anilines is 1. The summed E-state index contributed by atoms with van der Waals surface area (Å²) < 4.78 is 53.6. The first-order valence-electron chi connectivity index (χ1n) is 8.42. The van der Waals surface area contributed by atoms with Gasteiger partial charge in [-0.05, 0) is 43.0 Å². The first-order chi connectivity index (χ1) is 11.6. The van der Waals surface area contributed by atoms with Crippen LogP contribution in [0.5, 0.6) is 0 Å². The summed E-state index contributed by atoms with van der Waals surface area (Å²) in [6.07, 6.45) is 2.00. The first kappa shape index (κ1) is 25.1. The Hall–Kier alpha value is -0.870. The molecule has 1 aromatic rings. The van der Waals surface area contributed by atoms with Crippen LogP contribution >= 0.6 is 12.4 Å². The number of unbranched alkanes of at least 4 members (excludes halogenated alkanes) is 1. The van der Waals surface area contributed by atoms with Gasteiger partial charge in [-0.25, -0.2) is 21.6 Å². The largest absolute Gasteiger partial charge is 0.329 e. The molecule has 0 saturated heterocycles. The van der Waals surface area contributed by atoms with E-state index in [0.717, 1.165) is 6.42 Å². The fourth-order valence-corrected chi connectivity index (χ4v) is 4.84. The van der Waals surface area contributed by atoms with Gasteiger partial charge in [-0.3, -0.25) is 4.72 Å². The van der Waals surface area contributed by atoms with E-state index in [-0.39, 0.29) is 35.6 Å². The van der Waals surface area contributed by atoms with E-state index in [4.69, 9.17) is 5.73 Å². The van der Waals surface area contributed by atoms with Gasteiger partial charge >= 0.3 is 0 Å². The van der Waals surface area contributed by atoms with Crippen molar-refractivity contribution < 1.29 is 16.8 Å². The van der Waals surface area contributed by atoms with E-state index in [0.29, 0.717) is 24.4 Å². The second-order valence-corrected chi connectivity index (χ2v) is 10.0. The van der Waals surface area contributed by atoms with E-state index in [9.17, 15) is 16.8 Å². The summed E-state index contributed by atoms with van der Waals surface area (Å²) in [5.41, 5.74) is 5.98. The van der Waals surface area contributed by atoms with Gasteiger partial charge in [0.15, 0.2) is 0 Å². The molecule has 0 spiro atoms. The number of hydrogen-bond donors (Lipinski definition) is 3. The summed E-state index contributed by atoms with van der Waals surface area (Å²) in [4.78, 5) is 0.0752. The van der Waals surface area contributed by atoms with Gasteiger partial charge < -0.3 is 5.73 Å². The molecule has 26 heavy (non-hydrogen) atoms. The van der Waals surface area contributed by atoms with E-state index in [1.54, 1.807) is 0 Å². The van der Waals surface area contributed by atoms with Crippen LogP contribution < -0.4 is 15.2 Å². The number of nitrogens with two attached hydrogens (primary N) is 1. The van der Waals surface area contributed by atoms with Crippen LogP contribution in [0.2, 0.25) is 0 Å². The first-order valence-corrected chi connectivity index (χ1v) is 11.6. The lowest BCUT2D eigenvalue weighted by Gasteiger charge is -2.19. The molecule has 1 rings (SSSR count). The zero-order valence-corrected chi connectivity index (χ0v) is 17.9. The molecule has 0 amide bonds. The third-order valence-corrected chi connectivity index (χ3v) is 6.48. The summed E-state index contributed by atoms with van der Waals surface area (Å²) in [6.45, 7) is 6.12. The normalized spacial score (nSPS) is 13.3. The molecule has 1 atom stereocenters. The highest BCUT2D eigenvalue weighted by molar-refractivity contribution is 7.92. The van der Waals surface area contributed by atoms with Crippen molar-refractivity contribution in [1.82, 2.24) is 4.72 Å². The number of rotatable bonds is 11. The van der Waals surface area contributed by atoms with E-state index in [2.05, 4.69) is 9.44 Å². The molecule has 0 aliphatic carbocycles. The third-order valence-electron chi connectivity index (χ3n) is 3.57. The Labute approximate surface area is 163 Å². The van der Waals surface area contributed by atoms with Crippen molar-refractivity contribution in [3.63, 3.8) is 0 Å². The summed E-state index contributed by atoms with van der Waals surface area (Å²) in [5, 5.41) is 0. The molecule has 7 nitrogen and oxygen atoms in total. The Bertz CT molecular complexity index is 735. The molecule has 0 aliphatic rings. The number of hydrogen-bond acceptors (Lipinski definition) is 5. The molecule has 152 valence electrons. The van der Waals surface area contributed by atoms with Gasteiger partial charge in [-0.2, -0.15) is 0 Å². The minimum Gasteiger partial charge on any atom is -0.329 e. The summed E-state index contributed by atoms with van der Waals surface area (Å²) in [7, 11) is -7.11. The highest BCUT2D eigenvalue weighted by Crippen LogP contribution is 2.17. The minimum absolute atomic E-state index is 0. The quantitative estimate of drug-likeness (QED) is 0.500. The lowest BCUT2D eigenvalue weighted by atomic mass is 10.1. The molecule has 0 saturated carbocycles. The Kier molecular flexibility index (Phi) is 10.7. The van der Waals surface area contributed by atoms with Gasteiger partial charge in [0, 0.05) is 18.3 Å². The van der Waals surface area contributed by atoms with Crippen molar-refractivity contribution >= 4 is 38.1 Å². The number of nitrogens with one attached hydrogen (secondary N) is 2. The second kappa shape index (κ2) is 11.1. The van der Waals surface area contributed by atoms with Crippen molar-refractivity contribution in [3.05, 3.63) is 24.3 Å². The van der Waals surface area contributed by atoms with Crippen LogP contribution in [0.1, 0.15) is 40.0 Å². The number of halogens is 1. The molecule has 1 aromatic carbocycles. The molecule has 4 N–H and O–H groups in total. The van der Waals surface area contributed by atoms with Crippen LogP contribution in [0.3, 0.4) is 0 Å². The minimum atomic E-state index is -3.70. The molecule has 0 aliphatic heterocycles. The van der Waals surface area contributed by atoms with Gasteiger partial charge in [0.2, 0.25) is 20.0 Å². The highest BCUT2D eigenvalue weighted by Gasteiger charge is 2.20. The van der Waals surface area contributed by atoms with Crippen LogP contribution in [0.4, 0.5) is 5.69 Å². The van der Waals surface area contributed by atoms with E-state index in [1.807, 2.05) is 20.8 Å². The predicted octanol–water partition coefficient (Wildman–Crippen LogP) is 2.30. The van der Waals surface area contributed by atoms with Crippen molar-refractivity contribution in [2.75, 3.05) is 17.0 Å². The Morgan fingerprint density at radius 1 is 1.08 bits per heavy atom. The van der Waals surface area contributed by atoms with Crippen LogP contribution in [0.15, 0.2) is 29.2 Å². The van der Waals surface area contributed by atoms with Gasteiger partial charge in [0.25, 0.3) is 0 Å². The molecule has 0 fully saturated rings. The molecule has 10 heteroatoms. The number of sulfonamides is 2. The van der Waals surface area contributed by atoms with Crippen LogP contribution in [-0.2, 0) is 20.0 Å². The van der Waals surface area contributed by atoms with Crippen molar-refractivity contribution in [3.8, 4) is 0 Å².